The third-order valence-electron chi connectivity index (χ3n) is 2.80. The van der Waals surface area contributed by atoms with Gasteiger partial charge in [0, 0.05) is 45.2 Å². The largest absolute Gasteiger partial charge is 0.480 e. The van der Waals surface area contributed by atoms with E-state index in [9.17, 15) is 0 Å². The van der Waals surface area contributed by atoms with Gasteiger partial charge in [-0.25, -0.2) is 0 Å². The molecule has 0 bridgehead atoms. The molecule has 5 nitrogen and oxygen atoms in total. The van der Waals surface area contributed by atoms with Gasteiger partial charge in [-0.15, -0.1) is 5.10 Å². The van der Waals surface area contributed by atoms with Crippen LogP contribution in [0.25, 0.3) is 0 Å². The fourth-order valence-electron chi connectivity index (χ4n) is 1.80. The minimum atomic E-state index is 0.575. The number of piperazine rings is 1. The van der Waals surface area contributed by atoms with Gasteiger partial charge in [-0.05, 0) is 6.07 Å². The summed E-state index contributed by atoms with van der Waals surface area (Å²) in [4.78, 5) is 2.45. The SMILES string of the molecule is COc1ccc(CCN2CCNCC2)nn1. The zero-order valence-corrected chi connectivity index (χ0v) is 9.65. The minimum Gasteiger partial charge on any atom is -0.480 e. The summed E-state index contributed by atoms with van der Waals surface area (Å²) < 4.78 is 4.97. The lowest BCUT2D eigenvalue weighted by molar-refractivity contribution is 0.243. The van der Waals surface area contributed by atoms with E-state index in [4.69, 9.17) is 4.74 Å². The molecule has 1 aromatic heterocycles. The van der Waals surface area contributed by atoms with Crippen molar-refractivity contribution in [3.8, 4) is 5.88 Å². The van der Waals surface area contributed by atoms with Crippen LogP contribution in [0.5, 0.6) is 5.88 Å². The Balaban J connectivity index is 1.79. The first-order valence-corrected chi connectivity index (χ1v) is 5.68. The van der Waals surface area contributed by atoms with Gasteiger partial charge in [0.15, 0.2) is 0 Å². The van der Waals surface area contributed by atoms with Gasteiger partial charge in [0.05, 0.1) is 12.8 Å². The van der Waals surface area contributed by atoms with E-state index in [1.807, 2.05) is 12.1 Å². The number of aromatic nitrogens is 2. The molecule has 1 aliphatic rings. The zero-order chi connectivity index (χ0) is 11.2. The maximum atomic E-state index is 4.97. The highest BCUT2D eigenvalue weighted by Gasteiger charge is 2.09. The van der Waals surface area contributed by atoms with Crippen LogP contribution in [0.1, 0.15) is 5.69 Å². The molecule has 5 heteroatoms. The summed E-state index contributed by atoms with van der Waals surface area (Å²) in [5.41, 5.74) is 1.03. The molecule has 0 aliphatic carbocycles. The van der Waals surface area contributed by atoms with Crippen molar-refractivity contribution in [2.24, 2.45) is 0 Å². The van der Waals surface area contributed by atoms with Gasteiger partial charge in [0.1, 0.15) is 0 Å². The lowest BCUT2D eigenvalue weighted by atomic mass is 10.2. The van der Waals surface area contributed by atoms with E-state index < -0.39 is 0 Å². The Morgan fingerprint density at radius 2 is 2.12 bits per heavy atom. The Hall–Kier alpha value is -1.20. The molecule has 0 saturated carbocycles. The third kappa shape index (κ3) is 3.15. The molecule has 0 atom stereocenters. The molecule has 2 heterocycles. The van der Waals surface area contributed by atoms with Crippen LogP contribution in [0, 0.1) is 0 Å². The molecule has 16 heavy (non-hydrogen) atoms. The Bertz CT molecular complexity index is 308. The summed E-state index contributed by atoms with van der Waals surface area (Å²) in [6.45, 7) is 5.50. The van der Waals surface area contributed by atoms with Gasteiger partial charge in [-0.3, -0.25) is 0 Å². The molecule has 0 unspecified atom stereocenters. The van der Waals surface area contributed by atoms with E-state index in [0.717, 1.165) is 44.8 Å². The maximum Gasteiger partial charge on any atom is 0.233 e. The van der Waals surface area contributed by atoms with Crippen LogP contribution >= 0.6 is 0 Å². The van der Waals surface area contributed by atoms with Crippen molar-refractivity contribution in [3.05, 3.63) is 17.8 Å². The van der Waals surface area contributed by atoms with Gasteiger partial charge >= 0.3 is 0 Å². The summed E-state index contributed by atoms with van der Waals surface area (Å²) >= 11 is 0. The molecule has 1 aromatic rings. The molecule has 0 radical (unpaired) electrons. The van der Waals surface area contributed by atoms with Crippen molar-refractivity contribution in [2.75, 3.05) is 39.8 Å². The van der Waals surface area contributed by atoms with Crippen molar-refractivity contribution in [2.45, 2.75) is 6.42 Å². The number of hydrogen-bond acceptors (Lipinski definition) is 5. The lowest BCUT2D eigenvalue weighted by Gasteiger charge is -2.26. The highest BCUT2D eigenvalue weighted by molar-refractivity contribution is 5.11. The monoisotopic (exact) mass is 222 g/mol. The number of nitrogens with zero attached hydrogens (tertiary/aromatic N) is 3. The van der Waals surface area contributed by atoms with Crippen LogP contribution in [0.2, 0.25) is 0 Å². The normalized spacial score (nSPS) is 17.3. The molecule has 1 saturated heterocycles. The lowest BCUT2D eigenvalue weighted by Crippen LogP contribution is -2.44. The first-order chi connectivity index (χ1) is 7.88. The second-order valence-corrected chi connectivity index (χ2v) is 3.91. The van der Waals surface area contributed by atoms with Gasteiger partial charge in [-0.1, -0.05) is 0 Å². The summed E-state index contributed by atoms with van der Waals surface area (Å²) in [5.74, 6) is 0.575. The van der Waals surface area contributed by atoms with Crippen molar-refractivity contribution in [1.82, 2.24) is 20.4 Å². The second kappa shape index (κ2) is 5.77. The Morgan fingerprint density at radius 1 is 1.31 bits per heavy atom. The molecule has 1 aliphatic heterocycles. The van der Waals surface area contributed by atoms with Gasteiger partial charge in [0.25, 0.3) is 0 Å². The van der Waals surface area contributed by atoms with E-state index in [0.29, 0.717) is 5.88 Å². The van der Waals surface area contributed by atoms with Gasteiger partial charge < -0.3 is 15.0 Å². The number of hydrogen-bond donors (Lipinski definition) is 1. The number of methoxy groups -OCH3 is 1. The highest BCUT2D eigenvalue weighted by atomic mass is 16.5. The van der Waals surface area contributed by atoms with E-state index in [1.165, 1.54) is 0 Å². The Morgan fingerprint density at radius 3 is 2.75 bits per heavy atom. The number of rotatable bonds is 4. The molecular weight excluding hydrogens is 204 g/mol. The van der Waals surface area contributed by atoms with Crippen LogP contribution in [0.3, 0.4) is 0 Å². The van der Waals surface area contributed by atoms with E-state index in [2.05, 4.69) is 20.4 Å². The quantitative estimate of drug-likeness (QED) is 0.773. The van der Waals surface area contributed by atoms with E-state index >= 15 is 0 Å². The van der Waals surface area contributed by atoms with Crippen molar-refractivity contribution < 1.29 is 4.74 Å². The molecular formula is C11H18N4O. The van der Waals surface area contributed by atoms with Crippen LogP contribution in [0.15, 0.2) is 12.1 Å². The summed E-state index contributed by atoms with van der Waals surface area (Å²) in [6, 6.07) is 3.84. The third-order valence-corrected chi connectivity index (χ3v) is 2.80. The fourth-order valence-corrected chi connectivity index (χ4v) is 1.80. The summed E-state index contributed by atoms with van der Waals surface area (Å²) in [7, 11) is 1.60. The number of nitrogens with one attached hydrogen (secondary N) is 1. The first-order valence-electron chi connectivity index (χ1n) is 5.68. The number of ether oxygens (including phenoxy) is 1. The molecule has 0 amide bonds. The van der Waals surface area contributed by atoms with Crippen molar-refractivity contribution in [3.63, 3.8) is 0 Å². The van der Waals surface area contributed by atoms with Gasteiger partial charge in [-0.2, -0.15) is 5.10 Å². The summed E-state index contributed by atoms with van der Waals surface area (Å²) in [6.07, 6.45) is 0.955. The molecule has 0 aromatic carbocycles. The van der Waals surface area contributed by atoms with Crippen molar-refractivity contribution >= 4 is 0 Å². The minimum absolute atomic E-state index is 0.575. The predicted octanol–water partition coefficient (Wildman–Crippen LogP) is -0.0671. The topological polar surface area (TPSA) is 50.3 Å². The first kappa shape index (κ1) is 11.3. The van der Waals surface area contributed by atoms with Crippen LogP contribution in [-0.4, -0.2) is 54.9 Å². The molecule has 88 valence electrons. The smallest absolute Gasteiger partial charge is 0.233 e. The average Bonchev–Trinajstić information content (AvgIpc) is 2.38. The average molecular weight is 222 g/mol. The molecule has 0 spiro atoms. The second-order valence-electron chi connectivity index (χ2n) is 3.91. The van der Waals surface area contributed by atoms with Crippen LogP contribution < -0.4 is 10.1 Å². The van der Waals surface area contributed by atoms with Crippen molar-refractivity contribution in [1.29, 1.82) is 0 Å². The zero-order valence-electron chi connectivity index (χ0n) is 9.65. The molecule has 1 fully saturated rings. The fraction of sp³-hybridized carbons (Fsp3) is 0.636. The van der Waals surface area contributed by atoms with E-state index in [1.54, 1.807) is 7.11 Å². The van der Waals surface area contributed by atoms with E-state index in [-0.39, 0.29) is 0 Å². The predicted molar refractivity (Wildman–Crippen MR) is 61.6 cm³/mol. The van der Waals surface area contributed by atoms with Crippen LogP contribution in [0.4, 0.5) is 0 Å². The standard InChI is InChI=1S/C11H18N4O/c1-16-11-3-2-10(13-14-11)4-7-15-8-5-12-6-9-15/h2-3,12H,4-9H2,1H3. The maximum absolute atomic E-state index is 4.97. The molecule has 1 N–H and O–H groups in total. The highest BCUT2D eigenvalue weighted by Crippen LogP contribution is 2.04. The Kier molecular flexibility index (Phi) is 4.07. The van der Waals surface area contributed by atoms with Crippen LogP contribution in [-0.2, 0) is 6.42 Å². The Labute approximate surface area is 95.8 Å². The molecule has 2 rings (SSSR count). The van der Waals surface area contributed by atoms with Gasteiger partial charge in [0.2, 0.25) is 5.88 Å². The summed E-state index contributed by atoms with van der Waals surface area (Å²) in [5, 5.41) is 11.4.